The number of amides is 2. The zero-order valence-corrected chi connectivity index (χ0v) is 14.6. The van der Waals surface area contributed by atoms with Crippen molar-refractivity contribution in [2.45, 2.75) is 13.0 Å². The Labute approximate surface area is 145 Å². The molecule has 126 valence electrons. The van der Waals surface area contributed by atoms with Crippen LogP contribution in [0.2, 0.25) is 0 Å². The van der Waals surface area contributed by atoms with E-state index in [2.05, 4.69) is 0 Å². The number of nitrogens with zero attached hydrogens (tertiary/aromatic N) is 2. The van der Waals surface area contributed by atoms with Gasteiger partial charge >= 0.3 is 0 Å². The maximum atomic E-state index is 12.9. The molecule has 2 heterocycles. The van der Waals surface area contributed by atoms with Crippen LogP contribution in [0.15, 0.2) is 41.8 Å². The molecule has 0 aliphatic carbocycles. The molecule has 6 heteroatoms. The molecule has 1 atom stereocenters. The second kappa shape index (κ2) is 7.05. The molecule has 1 fully saturated rings. The molecule has 1 aliphatic rings. The van der Waals surface area contributed by atoms with Gasteiger partial charge in [0, 0.05) is 32.1 Å². The molecule has 1 aromatic heterocycles. The zero-order chi connectivity index (χ0) is 17.1. The topological polar surface area (TPSA) is 49.9 Å². The molecule has 0 saturated carbocycles. The van der Waals surface area contributed by atoms with Crippen molar-refractivity contribution in [3.05, 3.63) is 52.2 Å². The SMILES string of the molecule is COc1ccccc1[C@H]1CN(C(C)=O)CCN1C(=O)c1cccs1. The fourth-order valence-corrected chi connectivity index (χ4v) is 3.74. The number of hydrogen-bond acceptors (Lipinski definition) is 4. The van der Waals surface area contributed by atoms with Gasteiger partial charge in [-0.1, -0.05) is 24.3 Å². The lowest BCUT2D eigenvalue weighted by atomic mass is 10.0. The number of methoxy groups -OCH3 is 1. The van der Waals surface area contributed by atoms with E-state index in [1.54, 1.807) is 18.9 Å². The van der Waals surface area contributed by atoms with Crippen LogP contribution < -0.4 is 4.74 Å². The van der Waals surface area contributed by atoms with Crippen LogP contribution in [-0.2, 0) is 4.79 Å². The third-order valence-corrected chi connectivity index (χ3v) is 5.17. The molecule has 2 amide bonds. The van der Waals surface area contributed by atoms with Crippen LogP contribution in [0.1, 0.15) is 28.2 Å². The second-order valence-corrected chi connectivity index (χ2v) is 6.65. The van der Waals surface area contributed by atoms with Gasteiger partial charge in [0.15, 0.2) is 0 Å². The van der Waals surface area contributed by atoms with Gasteiger partial charge in [-0.15, -0.1) is 11.3 Å². The summed E-state index contributed by atoms with van der Waals surface area (Å²) in [5.41, 5.74) is 0.927. The first-order chi connectivity index (χ1) is 11.6. The van der Waals surface area contributed by atoms with Gasteiger partial charge in [0.1, 0.15) is 5.75 Å². The summed E-state index contributed by atoms with van der Waals surface area (Å²) in [6, 6.07) is 11.2. The van der Waals surface area contributed by atoms with Crippen LogP contribution in [0.5, 0.6) is 5.75 Å². The van der Waals surface area contributed by atoms with Crippen molar-refractivity contribution < 1.29 is 14.3 Å². The Morgan fingerprint density at radius 2 is 1.96 bits per heavy atom. The number of piperazine rings is 1. The minimum Gasteiger partial charge on any atom is -0.496 e. The highest BCUT2D eigenvalue weighted by molar-refractivity contribution is 7.12. The average molecular weight is 344 g/mol. The van der Waals surface area contributed by atoms with E-state index in [1.165, 1.54) is 11.3 Å². The summed E-state index contributed by atoms with van der Waals surface area (Å²) < 4.78 is 5.47. The van der Waals surface area contributed by atoms with Gasteiger partial charge in [-0.3, -0.25) is 9.59 Å². The van der Waals surface area contributed by atoms with Crippen LogP contribution in [-0.4, -0.2) is 48.4 Å². The summed E-state index contributed by atoms with van der Waals surface area (Å²) in [6.45, 7) is 3.11. The highest BCUT2D eigenvalue weighted by atomic mass is 32.1. The predicted molar refractivity (Wildman–Crippen MR) is 93.3 cm³/mol. The average Bonchev–Trinajstić information content (AvgIpc) is 3.15. The van der Waals surface area contributed by atoms with Gasteiger partial charge in [-0.05, 0) is 17.5 Å². The molecule has 1 saturated heterocycles. The Kier molecular flexibility index (Phi) is 4.85. The largest absolute Gasteiger partial charge is 0.496 e. The number of thiophene rings is 1. The Hall–Kier alpha value is -2.34. The first-order valence-electron chi connectivity index (χ1n) is 7.84. The molecule has 0 spiro atoms. The maximum absolute atomic E-state index is 12.9. The van der Waals surface area contributed by atoms with Crippen molar-refractivity contribution in [1.29, 1.82) is 0 Å². The van der Waals surface area contributed by atoms with Crippen molar-refractivity contribution in [2.24, 2.45) is 0 Å². The molecule has 5 nitrogen and oxygen atoms in total. The van der Waals surface area contributed by atoms with Crippen molar-refractivity contribution in [2.75, 3.05) is 26.7 Å². The van der Waals surface area contributed by atoms with E-state index < -0.39 is 0 Å². The van der Waals surface area contributed by atoms with E-state index in [1.807, 2.05) is 46.7 Å². The molecule has 0 bridgehead atoms. The van der Waals surface area contributed by atoms with Crippen LogP contribution in [0.4, 0.5) is 0 Å². The molecule has 1 aliphatic heterocycles. The Morgan fingerprint density at radius 3 is 2.62 bits per heavy atom. The number of carbonyl (C=O) groups excluding carboxylic acids is 2. The normalized spacial score (nSPS) is 17.7. The summed E-state index contributed by atoms with van der Waals surface area (Å²) in [6.07, 6.45) is 0. The third-order valence-electron chi connectivity index (χ3n) is 4.32. The lowest BCUT2D eigenvalue weighted by Gasteiger charge is -2.41. The molecule has 24 heavy (non-hydrogen) atoms. The van der Waals surface area contributed by atoms with E-state index in [4.69, 9.17) is 4.74 Å². The van der Waals surface area contributed by atoms with Gasteiger partial charge in [-0.2, -0.15) is 0 Å². The monoisotopic (exact) mass is 344 g/mol. The van der Waals surface area contributed by atoms with E-state index in [0.717, 1.165) is 11.3 Å². The van der Waals surface area contributed by atoms with E-state index in [0.29, 0.717) is 24.5 Å². The zero-order valence-electron chi connectivity index (χ0n) is 13.8. The number of hydrogen-bond donors (Lipinski definition) is 0. The van der Waals surface area contributed by atoms with Crippen molar-refractivity contribution in [3.63, 3.8) is 0 Å². The number of para-hydroxylation sites is 1. The summed E-state index contributed by atoms with van der Waals surface area (Å²) in [5.74, 6) is 0.763. The lowest BCUT2D eigenvalue weighted by Crippen LogP contribution is -2.51. The molecule has 0 N–H and O–H groups in total. The summed E-state index contributed by atoms with van der Waals surface area (Å²) in [4.78, 5) is 29.1. The number of benzene rings is 1. The second-order valence-electron chi connectivity index (χ2n) is 5.70. The number of rotatable bonds is 3. The molecule has 2 aromatic rings. The maximum Gasteiger partial charge on any atom is 0.264 e. The van der Waals surface area contributed by atoms with Gasteiger partial charge in [0.25, 0.3) is 5.91 Å². The highest BCUT2D eigenvalue weighted by Gasteiger charge is 2.34. The van der Waals surface area contributed by atoms with Crippen LogP contribution in [0.25, 0.3) is 0 Å². The standard InChI is InChI=1S/C18H20N2O3S/c1-13(21)19-9-10-20(18(22)17-8-5-11-24-17)15(12-19)14-6-3-4-7-16(14)23-2/h3-8,11,15H,9-10,12H2,1-2H3/t15-/m1/s1. The van der Waals surface area contributed by atoms with Gasteiger partial charge in [-0.25, -0.2) is 0 Å². The fraction of sp³-hybridized carbons (Fsp3) is 0.333. The third kappa shape index (κ3) is 3.14. The number of carbonyl (C=O) groups is 2. The van der Waals surface area contributed by atoms with Gasteiger partial charge in [0.05, 0.1) is 18.0 Å². The summed E-state index contributed by atoms with van der Waals surface area (Å²) in [7, 11) is 1.62. The quantitative estimate of drug-likeness (QED) is 0.860. The molecular weight excluding hydrogens is 324 g/mol. The fourth-order valence-electron chi connectivity index (χ4n) is 3.06. The smallest absolute Gasteiger partial charge is 0.264 e. The van der Waals surface area contributed by atoms with Crippen molar-refractivity contribution in [3.8, 4) is 5.75 Å². The molecule has 1 aromatic carbocycles. The first-order valence-corrected chi connectivity index (χ1v) is 8.72. The highest BCUT2D eigenvalue weighted by Crippen LogP contribution is 2.33. The molecule has 0 unspecified atom stereocenters. The van der Waals surface area contributed by atoms with Crippen LogP contribution >= 0.6 is 11.3 Å². The summed E-state index contributed by atoms with van der Waals surface area (Å²) in [5, 5.41) is 1.90. The predicted octanol–water partition coefficient (Wildman–Crippen LogP) is 2.80. The van der Waals surface area contributed by atoms with Gasteiger partial charge < -0.3 is 14.5 Å². The first kappa shape index (κ1) is 16.5. The van der Waals surface area contributed by atoms with Crippen molar-refractivity contribution >= 4 is 23.2 Å². The Bertz CT molecular complexity index is 730. The van der Waals surface area contributed by atoms with E-state index in [-0.39, 0.29) is 17.9 Å². The van der Waals surface area contributed by atoms with Crippen LogP contribution in [0.3, 0.4) is 0 Å². The minimum atomic E-state index is -0.214. The number of ether oxygens (including phenoxy) is 1. The summed E-state index contributed by atoms with van der Waals surface area (Å²) >= 11 is 1.44. The Balaban J connectivity index is 1.97. The molecule has 3 rings (SSSR count). The van der Waals surface area contributed by atoms with E-state index in [9.17, 15) is 9.59 Å². The Morgan fingerprint density at radius 1 is 1.17 bits per heavy atom. The van der Waals surface area contributed by atoms with Gasteiger partial charge in [0.2, 0.25) is 5.91 Å². The van der Waals surface area contributed by atoms with Crippen LogP contribution in [0, 0.1) is 0 Å². The van der Waals surface area contributed by atoms with E-state index >= 15 is 0 Å². The lowest BCUT2D eigenvalue weighted by molar-refractivity contribution is -0.131. The minimum absolute atomic E-state index is 0.00380. The molecule has 0 radical (unpaired) electrons. The van der Waals surface area contributed by atoms with Crippen molar-refractivity contribution in [1.82, 2.24) is 9.80 Å². The molecular formula is C18H20N2O3S.